The fourth-order valence-electron chi connectivity index (χ4n) is 3.53. The van der Waals surface area contributed by atoms with Crippen molar-refractivity contribution in [3.63, 3.8) is 0 Å². The van der Waals surface area contributed by atoms with Crippen molar-refractivity contribution in [2.45, 2.75) is 0 Å². The van der Waals surface area contributed by atoms with Crippen molar-refractivity contribution in [1.82, 2.24) is 24.7 Å². The Labute approximate surface area is 173 Å². The van der Waals surface area contributed by atoms with Gasteiger partial charge in [-0.2, -0.15) is 10.1 Å². The van der Waals surface area contributed by atoms with E-state index in [1.165, 1.54) is 6.33 Å². The first-order valence-corrected chi connectivity index (χ1v) is 9.59. The molecule has 0 unspecified atom stereocenters. The van der Waals surface area contributed by atoms with Crippen LogP contribution in [0.25, 0.3) is 39.9 Å². The maximum absolute atomic E-state index is 5.32. The summed E-state index contributed by atoms with van der Waals surface area (Å²) in [6, 6.07) is 28.2. The molecule has 6 nitrogen and oxygen atoms in total. The van der Waals surface area contributed by atoms with Crippen molar-refractivity contribution < 1.29 is 4.74 Å². The number of aromatic nitrogens is 5. The minimum atomic E-state index is 0.606. The van der Waals surface area contributed by atoms with E-state index >= 15 is 0 Å². The molecule has 2 heterocycles. The van der Waals surface area contributed by atoms with Gasteiger partial charge in [0, 0.05) is 16.7 Å². The zero-order valence-corrected chi connectivity index (χ0v) is 16.4. The lowest BCUT2D eigenvalue weighted by Crippen LogP contribution is -2.02. The van der Waals surface area contributed by atoms with Crippen LogP contribution < -0.4 is 4.74 Å². The van der Waals surface area contributed by atoms with Gasteiger partial charge in [0.05, 0.1) is 18.5 Å². The Morgan fingerprint density at radius 2 is 1.43 bits per heavy atom. The molecule has 0 atom stereocenters. The molecule has 0 aliphatic heterocycles. The molecule has 5 aromatic rings. The zero-order chi connectivity index (χ0) is 20.3. The molecule has 0 fully saturated rings. The van der Waals surface area contributed by atoms with Gasteiger partial charge in [-0.15, -0.1) is 0 Å². The molecule has 0 spiro atoms. The Hall–Kier alpha value is -4.19. The monoisotopic (exact) mass is 393 g/mol. The number of hydrogen-bond donors (Lipinski definition) is 1. The Balaban J connectivity index is 1.84. The number of methoxy groups -OCH3 is 1. The largest absolute Gasteiger partial charge is 0.497 e. The number of aromatic amines is 1. The van der Waals surface area contributed by atoms with Crippen LogP contribution in [0.4, 0.5) is 0 Å². The Morgan fingerprint density at radius 1 is 0.767 bits per heavy atom. The number of benzene rings is 3. The molecule has 0 amide bonds. The molecule has 0 bridgehead atoms. The van der Waals surface area contributed by atoms with Gasteiger partial charge >= 0.3 is 0 Å². The average molecular weight is 393 g/mol. The highest BCUT2D eigenvalue weighted by Gasteiger charge is 2.23. The molecule has 2 aromatic heterocycles. The minimum Gasteiger partial charge on any atom is -0.497 e. The van der Waals surface area contributed by atoms with E-state index in [1.54, 1.807) is 7.11 Å². The maximum Gasteiger partial charge on any atom is 0.231 e. The van der Waals surface area contributed by atoms with E-state index in [1.807, 2.05) is 65.2 Å². The van der Waals surface area contributed by atoms with Crippen LogP contribution >= 0.6 is 0 Å². The topological polar surface area (TPSA) is 68.6 Å². The molecule has 0 radical (unpaired) electrons. The number of hydrogen-bond acceptors (Lipinski definition) is 4. The zero-order valence-electron chi connectivity index (χ0n) is 16.4. The van der Waals surface area contributed by atoms with Gasteiger partial charge in [0.25, 0.3) is 0 Å². The van der Waals surface area contributed by atoms with E-state index in [2.05, 4.69) is 39.4 Å². The lowest BCUT2D eigenvalue weighted by atomic mass is 10.0. The normalized spacial score (nSPS) is 10.8. The highest BCUT2D eigenvalue weighted by Crippen LogP contribution is 2.37. The standard InChI is InChI=1S/C24H19N5O/c1-30-20-14-12-19(13-15-20)23-27-21(17-8-4-2-5-9-17)22(18-10-6-3-7-11-18)29(23)24-25-16-26-28-24/h2-16H,1H3,(H,25,26,28). The summed E-state index contributed by atoms with van der Waals surface area (Å²) in [6.07, 6.45) is 1.50. The molecule has 5 rings (SSSR count). The second-order valence-electron chi connectivity index (χ2n) is 6.74. The summed E-state index contributed by atoms with van der Waals surface area (Å²) < 4.78 is 7.34. The lowest BCUT2D eigenvalue weighted by molar-refractivity contribution is 0.415. The molecule has 1 N–H and O–H groups in total. The first kappa shape index (κ1) is 17.9. The predicted molar refractivity (Wildman–Crippen MR) is 116 cm³/mol. The summed E-state index contributed by atoms with van der Waals surface area (Å²) in [4.78, 5) is 9.50. The summed E-state index contributed by atoms with van der Waals surface area (Å²) in [5, 5.41) is 7.07. The highest BCUT2D eigenvalue weighted by molar-refractivity contribution is 5.83. The lowest BCUT2D eigenvalue weighted by Gasteiger charge is -2.10. The van der Waals surface area contributed by atoms with E-state index in [0.29, 0.717) is 5.95 Å². The fourth-order valence-corrected chi connectivity index (χ4v) is 3.53. The summed E-state index contributed by atoms with van der Waals surface area (Å²) in [7, 11) is 1.66. The van der Waals surface area contributed by atoms with Crippen LogP contribution in [-0.4, -0.2) is 31.8 Å². The first-order chi connectivity index (χ1) is 14.8. The van der Waals surface area contributed by atoms with Gasteiger partial charge in [-0.1, -0.05) is 60.7 Å². The molecular formula is C24H19N5O. The van der Waals surface area contributed by atoms with E-state index in [9.17, 15) is 0 Å². The van der Waals surface area contributed by atoms with Crippen LogP contribution in [0.15, 0.2) is 91.3 Å². The molecule has 0 aliphatic rings. The van der Waals surface area contributed by atoms with Crippen molar-refractivity contribution >= 4 is 0 Å². The van der Waals surface area contributed by atoms with E-state index in [4.69, 9.17) is 9.72 Å². The molecule has 3 aromatic carbocycles. The first-order valence-electron chi connectivity index (χ1n) is 9.59. The van der Waals surface area contributed by atoms with Crippen LogP contribution in [0, 0.1) is 0 Å². The minimum absolute atomic E-state index is 0.606. The summed E-state index contributed by atoms with van der Waals surface area (Å²) in [6.45, 7) is 0. The number of rotatable bonds is 5. The van der Waals surface area contributed by atoms with Crippen LogP contribution in [0.2, 0.25) is 0 Å². The Bertz CT molecular complexity index is 1240. The second-order valence-corrected chi connectivity index (χ2v) is 6.74. The van der Waals surface area contributed by atoms with Gasteiger partial charge in [0.1, 0.15) is 17.9 Å². The van der Waals surface area contributed by atoms with Crippen LogP contribution in [0.1, 0.15) is 0 Å². The van der Waals surface area contributed by atoms with Crippen LogP contribution in [0.3, 0.4) is 0 Å². The number of nitrogens with zero attached hydrogens (tertiary/aromatic N) is 4. The van der Waals surface area contributed by atoms with Gasteiger partial charge in [-0.05, 0) is 24.3 Å². The molecular weight excluding hydrogens is 374 g/mol. The predicted octanol–water partition coefficient (Wildman–Crippen LogP) is 5.00. The van der Waals surface area contributed by atoms with Gasteiger partial charge in [0.2, 0.25) is 5.95 Å². The van der Waals surface area contributed by atoms with Crippen molar-refractivity contribution in [3.8, 4) is 45.6 Å². The second kappa shape index (κ2) is 7.67. The molecule has 6 heteroatoms. The molecule has 0 aliphatic carbocycles. The van der Waals surface area contributed by atoms with Gasteiger partial charge in [0.15, 0.2) is 0 Å². The van der Waals surface area contributed by atoms with Gasteiger partial charge in [-0.3, -0.25) is 4.57 Å². The van der Waals surface area contributed by atoms with Crippen molar-refractivity contribution in [1.29, 1.82) is 0 Å². The average Bonchev–Trinajstić information content (AvgIpc) is 3.48. The third-order valence-corrected chi connectivity index (χ3v) is 4.93. The van der Waals surface area contributed by atoms with Gasteiger partial charge < -0.3 is 4.74 Å². The molecule has 30 heavy (non-hydrogen) atoms. The SMILES string of the molecule is COc1ccc(-c2nc(-c3ccccc3)c(-c3ccccc3)n2-c2ncn[nH]2)cc1. The highest BCUT2D eigenvalue weighted by atomic mass is 16.5. The summed E-state index contributed by atoms with van der Waals surface area (Å²) in [5.74, 6) is 2.17. The van der Waals surface area contributed by atoms with E-state index in [0.717, 1.165) is 39.7 Å². The van der Waals surface area contributed by atoms with Gasteiger partial charge in [-0.25, -0.2) is 10.1 Å². The Kier molecular flexibility index (Phi) is 4.57. The summed E-state index contributed by atoms with van der Waals surface area (Å²) in [5.41, 5.74) is 4.85. The molecule has 0 saturated heterocycles. The number of nitrogens with one attached hydrogen (secondary N) is 1. The van der Waals surface area contributed by atoms with E-state index < -0.39 is 0 Å². The number of imidazole rings is 1. The third-order valence-electron chi connectivity index (χ3n) is 4.93. The third kappa shape index (κ3) is 3.14. The van der Waals surface area contributed by atoms with E-state index in [-0.39, 0.29) is 0 Å². The van der Waals surface area contributed by atoms with Crippen LogP contribution in [0.5, 0.6) is 5.75 Å². The van der Waals surface area contributed by atoms with Crippen molar-refractivity contribution in [2.75, 3.05) is 7.11 Å². The number of ether oxygens (including phenoxy) is 1. The fraction of sp³-hybridized carbons (Fsp3) is 0.0417. The van der Waals surface area contributed by atoms with Crippen LogP contribution in [-0.2, 0) is 0 Å². The maximum atomic E-state index is 5.32. The smallest absolute Gasteiger partial charge is 0.231 e. The van der Waals surface area contributed by atoms with Crippen molar-refractivity contribution in [3.05, 3.63) is 91.3 Å². The number of H-pyrrole nitrogens is 1. The quantitative estimate of drug-likeness (QED) is 0.456. The molecule has 146 valence electrons. The Morgan fingerprint density at radius 3 is 2.03 bits per heavy atom. The summed E-state index contributed by atoms with van der Waals surface area (Å²) >= 11 is 0. The van der Waals surface area contributed by atoms with Crippen molar-refractivity contribution in [2.24, 2.45) is 0 Å². The molecule has 0 saturated carbocycles.